The first-order chi connectivity index (χ1) is 12.5. The van der Waals surface area contributed by atoms with E-state index in [1.165, 1.54) is 6.08 Å². The van der Waals surface area contributed by atoms with Crippen LogP contribution in [0.1, 0.15) is 45.6 Å². The number of hydrogen-bond acceptors (Lipinski definition) is 5. The van der Waals surface area contributed by atoms with E-state index in [1.54, 1.807) is 6.08 Å². The normalized spacial score (nSPS) is 13.2. The van der Waals surface area contributed by atoms with Crippen LogP contribution in [0.25, 0.3) is 6.08 Å². The number of benzene rings is 1. The van der Waals surface area contributed by atoms with Crippen LogP contribution in [0.2, 0.25) is 0 Å². The van der Waals surface area contributed by atoms with Crippen LogP contribution in [-0.4, -0.2) is 30.9 Å². The minimum Gasteiger partial charge on any atom is -0.462 e. The van der Waals surface area contributed by atoms with Crippen molar-refractivity contribution in [2.24, 2.45) is 11.8 Å². The molecule has 5 nitrogen and oxygen atoms in total. The van der Waals surface area contributed by atoms with E-state index >= 15 is 0 Å². The molecule has 0 aliphatic heterocycles. The highest BCUT2D eigenvalue weighted by atomic mass is 16.6. The van der Waals surface area contributed by atoms with Crippen LogP contribution in [0.4, 0.5) is 0 Å². The fourth-order valence-corrected chi connectivity index (χ4v) is 2.52. The largest absolute Gasteiger partial charge is 0.462 e. The van der Waals surface area contributed by atoms with E-state index in [1.807, 2.05) is 51.1 Å². The lowest BCUT2D eigenvalue weighted by atomic mass is 9.90. The Kier molecular flexibility index (Phi) is 9.98. The minimum absolute atomic E-state index is 0.00355. The quantitative estimate of drug-likeness (QED) is 0.341. The van der Waals surface area contributed by atoms with Gasteiger partial charge in [-0.25, -0.2) is 4.79 Å². The Hall–Kier alpha value is -2.43. The molecule has 26 heavy (non-hydrogen) atoms. The second-order valence-corrected chi connectivity index (χ2v) is 6.14. The van der Waals surface area contributed by atoms with Crippen LogP contribution in [0.5, 0.6) is 0 Å². The van der Waals surface area contributed by atoms with Gasteiger partial charge in [0, 0.05) is 18.4 Å². The van der Waals surface area contributed by atoms with Crippen molar-refractivity contribution in [2.45, 2.75) is 40.0 Å². The van der Waals surface area contributed by atoms with Gasteiger partial charge in [0.2, 0.25) is 0 Å². The molecule has 0 N–H and O–H groups in total. The maximum atomic E-state index is 12.1. The summed E-state index contributed by atoms with van der Waals surface area (Å²) in [4.78, 5) is 35.4. The molecular formula is C21H28O5. The third kappa shape index (κ3) is 8.10. The van der Waals surface area contributed by atoms with E-state index in [4.69, 9.17) is 9.47 Å². The minimum atomic E-state index is -0.487. The van der Waals surface area contributed by atoms with Gasteiger partial charge < -0.3 is 9.47 Å². The maximum Gasteiger partial charge on any atom is 0.330 e. The molecule has 1 aromatic rings. The SMILES string of the molecule is CCC(=O)C(C)CC(CC)C(=O)OCCOC(=O)/C=C\c1ccccc1. The van der Waals surface area contributed by atoms with E-state index in [-0.39, 0.29) is 36.8 Å². The molecule has 0 radical (unpaired) electrons. The van der Waals surface area contributed by atoms with Crippen LogP contribution in [0.3, 0.4) is 0 Å². The van der Waals surface area contributed by atoms with Gasteiger partial charge in [0.1, 0.15) is 19.0 Å². The molecule has 1 rings (SSSR count). The summed E-state index contributed by atoms with van der Waals surface area (Å²) in [5.41, 5.74) is 0.900. The Balaban J connectivity index is 2.30. The second kappa shape index (κ2) is 12.0. The molecule has 0 aliphatic carbocycles. The Labute approximate surface area is 155 Å². The van der Waals surface area contributed by atoms with Crippen molar-refractivity contribution in [1.82, 2.24) is 0 Å². The van der Waals surface area contributed by atoms with Gasteiger partial charge in [-0.1, -0.05) is 51.1 Å². The van der Waals surface area contributed by atoms with Gasteiger partial charge in [-0.05, 0) is 24.5 Å². The zero-order valence-electron chi connectivity index (χ0n) is 15.8. The molecule has 0 bridgehead atoms. The van der Waals surface area contributed by atoms with Crippen molar-refractivity contribution in [3.05, 3.63) is 42.0 Å². The average Bonchev–Trinajstić information content (AvgIpc) is 2.67. The molecule has 0 spiro atoms. The van der Waals surface area contributed by atoms with E-state index in [9.17, 15) is 14.4 Å². The number of rotatable bonds is 11. The van der Waals surface area contributed by atoms with Crippen LogP contribution in [0, 0.1) is 11.8 Å². The van der Waals surface area contributed by atoms with Crippen LogP contribution >= 0.6 is 0 Å². The second-order valence-electron chi connectivity index (χ2n) is 6.14. The molecule has 2 unspecified atom stereocenters. The highest BCUT2D eigenvalue weighted by Crippen LogP contribution is 2.19. The number of esters is 2. The molecule has 0 amide bonds. The summed E-state index contributed by atoms with van der Waals surface area (Å²) in [5.74, 6) is -1.15. The molecule has 0 aromatic heterocycles. The van der Waals surface area contributed by atoms with E-state index in [0.717, 1.165) is 5.56 Å². The van der Waals surface area contributed by atoms with Gasteiger partial charge in [0.05, 0.1) is 5.92 Å². The highest BCUT2D eigenvalue weighted by Gasteiger charge is 2.23. The number of carbonyl (C=O) groups is 3. The summed E-state index contributed by atoms with van der Waals surface area (Å²) in [6.45, 7) is 5.56. The van der Waals surface area contributed by atoms with Crippen molar-refractivity contribution in [2.75, 3.05) is 13.2 Å². The number of hydrogen-bond donors (Lipinski definition) is 0. The molecule has 0 saturated heterocycles. The summed E-state index contributed by atoms with van der Waals surface area (Å²) in [6.07, 6.45) is 4.57. The van der Waals surface area contributed by atoms with Gasteiger partial charge in [-0.2, -0.15) is 0 Å². The van der Waals surface area contributed by atoms with Crippen molar-refractivity contribution < 1.29 is 23.9 Å². The topological polar surface area (TPSA) is 69.7 Å². The molecule has 5 heteroatoms. The average molecular weight is 360 g/mol. The van der Waals surface area contributed by atoms with Crippen LogP contribution in [0.15, 0.2) is 36.4 Å². The third-order valence-electron chi connectivity index (χ3n) is 4.15. The summed E-state index contributed by atoms with van der Waals surface area (Å²) in [6, 6.07) is 9.40. The molecule has 2 atom stereocenters. The molecule has 1 aromatic carbocycles. The molecule has 0 heterocycles. The first kappa shape index (κ1) is 21.6. The zero-order chi connectivity index (χ0) is 19.4. The first-order valence-corrected chi connectivity index (χ1v) is 9.07. The van der Waals surface area contributed by atoms with Gasteiger partial charge >= 0.3 is 11.9 Å². The number of ketones is 1. The third-order valence-corrected chi connectivity index (χ3v) is 4.15. The summed E-state index contributed by atoms with van der Waals surface area (Å²) in [5, 5.41) is 0. The van der Waals surface area contributed by atoms with Gasteiger partial charge in [-0.3, -0.25) is 9.59 Å². The fourth-order valence-electron chi connectivity index (χ4n) is 2.52. The predicted molar refractivity (Wildman–Crippen MR) is 100 cm³/mol. The smallest absolute Gasteiger partial charge is 0.330 e. The molecule has 0 fully saturated rings. The Morgan fingerprint density at radius 2 is 1.69 bits per heavy atom. The standard InChI is InChI=1S/C21H28O5/c1-4-18(15-16(3)19(22)5-2)21(24)26-14-13-25-20(23)12-11-17-9-7-6-8-10-17/h6-12,16,18H,4-5,13-15H2,1-3H3/b12-11-. The Morgan fingerprint density at radius 3 is 2.31 bits per heavy atom. The van der Waals surface area contributed by atoms with Crippen molar-refractivity contribution in [1.29, 1.82) is 0 Å². The monoisotopic (exact) mass is 360 g/mol. The zero-order valence-corrected chi connectivity index (χ0v) is 15.8. The number of ether oxygens (including phenoxy) is 2. The lowest BCUT2D eigenvalue weighted by Crippen LogP contribution is -2.24. The van der Waals surface area contributed by atoms with Gasteiger partial charge in [0.15, 0.2) is 0 Å². The van der Waals surface area contributed by atoms with E-state index < -0.39 is 5.97 Å². The van der Waals surface area contributed by atoms with E-state index in [0.29, 0.717) is 19.3 Å². The van der Waals surface area contributed by atoms with Gasteiger partial charge in [-0.15, -0.1) is 0 Å². The van der Waals surface area contributed by atoms with Crippen molar-refractivity contribution in [3.63, 3.8) is 0 Å². The number of carbonyl (C=O) groups excluding carboxylic acids is 3. The summed E-state index contributed by atoms with van der Waals surface area (Å²) < 4.78 is 10.2. The number of Topliss-reactive ketones (excluding diaryl/α,β-unsaturated/α-hetero) is 1. The Morgan fingerprint density at radius 1 is 1.04 bits per heavy atom. The molecule has 142 valence electrons. The van der Waals surface area contributed by atoms with E-state index in [2.05, 4.69) is 0 Å². The van der Waals surface area contributed by atoms with Crippen LogP contribution in [-0.2, 0) is 23.9 Å². The summed E-state index contributed by atoms with van der Waals surface area (Å²) >= 11 is 0. The molecular weight excluding hydrogens is 332 g/mol. The van der Waals surface area contributed by atoms with Gasteiger partial charge in [0.25, 0.3) is 0 Å². The van der Waals surface area contributed by atoms with Crippen molar-refractivity contribution in [3.8, 4) is 0 Å². The predicted octanol–water partition coefficient (Wildman–Crippen LogP) is 3.82. The first-order valence-electron chi connectivity index (χ1n) is 9.07. The summed E-state index contributed by atoms with van der Waals surface area (Å²) in [7, 11) is 0. The van der Waals surface area contributed by atoms with Crippen molar-refractivity contribution >= 4 is 23.8 Å². The fraction of sp³-hybridized carbons (Fsp3) is 0.476. The Bertz CT molecular complexity index is 606. The maximum absolute atomic E-state index is 12.1. The molecule has 0 saturated carbocycles. The van der Waals surface area contributed by atoms with Crippen LogP contribution < -0.4 is 0 Å². The lowest BCUT2D eigenvalue weighted by molar-refractivity contribution is -0.154. The highest BCUT2D eigenvalue weighted by molar-refractivity contribution is 5.87. The lowest BCUT2D eigenvalue weighted by Gasteiger charge is -2.17. The molecule has 0 aliphatic rings.